The van der Waals surface area contributed by atoms with Gasteiger partial charge in [-0.2, -0.15) is 0 Å². The molecule has 0 aliphatic carbocycles. The van der Waals surface area contributed by atoms with Crippen molar-refractivity contribution in [2.75, 3.05) is 26.5 Å². The maximum atomic E-state index is 12.0. The van der Waals surface area contributed by atoms with Gasteiger partial charge in [-0.05, 0) is 31.0 Å². The number of nitrogens with one attached hydrogen (secondary N) is 2. The fourth-order valence-electron chi connectivity index (χ4n) is 2.55. The van der Waals surface area contributed by atoms with Crippen molar-refractivity contribution in [3.63, 3.8) is 0 Å². The maximum Gasteiger partial charge on any atom is 0.251 e. The zero-order chi connectivity index (χ0) is 16.1. The molecule has 7 nitrogen and oxygen atoms in total. The number of hydrogen-bond donors (Lipinski definition) is 2. The molecule has 0 spiro atoms. The summed E-state index contributed by atoms with van der Waals surface area (Å²) in [5, 5.41) is 5.54. The summed E-state index contributed by atoms with van der Waals surface area (Å²) in [6, 6.07) is 5.00. The molecule has 1 aromatic carbocycles. The molecule has 3 rings (SSSR count). The van der Waals surface area contributed by atoms with Gasteiger partial charge in [0.2, 0.25) is 12.7 Å². The molecule has 0 unspecified atom stereocenters. The van der Waals surface area contributed by atoms with Gasteiger partial charge in [-0.25, -0.2) is 0 Å². The Hall–Kier alpha value is -2.28. The van der Waals surface area contributed by atoms with Gasteiger partial charge in [0, 0.05) is 31.7 Å². The summed E-state index contributed by atoms with van der Waals surface area (Å²) in [4.78, 5) is 23.8. The molecule has 2 heterocycles. The van der Waals surface area contributed by atoms with Gasteiger partial charge in [0.05, 0.1) is 6.10 Å². The van der Waals surface area contributed by atoms with E-state index in [4.69, 9.17) is 14.2 Å². The highest BCUT2D eigenvalue weighted by atomic mass is 16.7. The maximum absolute atomic E-state index is 12.0. The van der Waals surface area contributed by atoms with Crippen molar-refractivity contribution in [1.82, 2.24) is 10.6 Å². The molecule has 7 heteroatoms. The monoisotopic (exact) mass is 320 g/mol. The van der Waals surface area contributed by atoms with Crippen molar-refractivity contribution in [3.05, 3.63) is 23.8 Å². The van der Waals surface area contributed by atoms with Crippen LogP contribution in [0, 0.1) is 0 Å². The molecule has 23 heavy (non-hydrogen) atoms. The fraction of sp³-hybridized carbons (Fsp3) is 0.500. The van der Waals surface area contributed by atoms with Crippen molar-refractivity contribution in [3.8, 4) is 11.5 Å². The van der Waals surface area contributed by atoms with Gasteiger partial charge in [-0.15, -0.1) is 0 Å². The Morgan fingerprint density at radius 3 is 2.87 bits per heavy atom. The molecule has 124 valence electrons. The number of benzene rings is 1. The lowest BCUT2D eigenvalue weighted by Gasteiger charge is -2.11. The first-order chi connectivity index (χ1) is 11.2. The first kappa shape index (κ1) is 15.6. The number of rotatable bonds is 6. The molecule has 1 aromatic rings. The molecule has 0 aromatic heterocycles. The quantitative estimate of drug-likeness (QED) is 0.811. The van der Waals surface area contributed by atoms with E-state index < -0.39 is 0 Å². The highest BCUT2D eigenvalue weighted by molar-refractivity contribution is 5.95. The fourth-order valence-corrected chi connectivity index (χ4v) is 2.55. The van der Waals surface area contributed by atoms with Crippen molar-refractivity contribution >= 4 is 11.8 Å². The summed E-state index contributed by atoms with van der Waals surface area (Å²) >= 11 is 0. The molecule has 2 amide bonds. The Bertz CT molecular complexity index is 584. The zero-order valence-electron chi connectivity index (χ0n) is 12.8. The van der Waals surface area contributed by atoms with E-state index in [-0.39, 0.29) is 37.7 Å². The number of carbonyl (C=O) groups is 2. The topological polar surface area (TPSA) is 85.9 Å². The van der Waals surface area contributed by atoms with Crippen LogP contribution in [0.5, 0.6) is 11.5 Å². The van der Waals surface area contributed by atoms with Gasteiger partial charge in [0.25, 0.3) is 5.91 Å². The Morgan fingerprint density at radius 2 is 2.04 bits per heavy atom. The van der Waals surface area contributed by atoms with Gasteiger partial charge in [0.15, 0.2) is 11.5 Å². The SMILES string of the molecule is O=C(CCNC(=O)c1ccc2c(c1)OCO2)NC[C@H]1CCCO1. The Kier molecular flexibility index (Phi) is 4.97. The molecule has 1 fully saturated rings. The molecular weight excluding hydrogens is 300 g/mol. The number of ether oxygens (including phenoxy) is 3. The van der Waals surface area contributed by atoms with E-state index in [9.17, 15) is 9.59 Å². The molecule has 2 aliphatic rings. The van der Waals surface area contributed by atoms with Crippen molar-refractivity contribution < 1.29 is 23.8 Å². The lowest BCUT2D eigenvalue weighted by molar-refractivity contribution is -0.121. The summed E-state index contributed by atoms with van der Waals surface area (Å²) in [6.07, 6.45) is 2.40. The summed E-state index contributed by atoms with van der Waals surface area (Å²) in [7, 11) is 0. The number of hydrogen-bond acceptors (Lipinski definition) is 5. The van der Waals surface area contributed by atoms with Crippen LogP contribution in [0.1, 0.15) is 29.6 Å². The minimum Gasteiger partial charge on any atom is -0.454 e. The van der Waals surface area contributed by atoms with Gasteiger partial charge in [-0.3, -0.25) is 9.59 Å². The second kappa shape index (κ2) is 7.32. The molecule has 2 aliphatic heterocycles. The van der Waals surface area contributed by atoms with E-state index in [2.05, 4.69) is 10.6 Å². The summed E-state index contributed by atoms with van der Waals surface area (Å²) in [5.41, 5.74) is 0.481. The predicted molar refractivity (Wildman–Crippen MR) is 81.5 cm³/mol. The molecule has 1 atom stereocenters. The van der Waals surface area contributed by atoms with Crippen LogP contribution in [0.25, 0.3) is 0 Å². The van der Waals surface area contributed by atoms with Gasteiger partial charge in [-0.1, -0.05) is 0 Å². The molecule has 2 N–H and O–H groups in total. The van der Waals surface area contributed by atoms with E-state index >= 15 is 0 Å². The van der Waals surface area contributed by atoms with Crippen molar-refractivity contribution in [2.24, 2.45) is 0 Å². The first-order valence-corrected chi connectivity index (χ1v) is 7.78. The first-order valence-electron chi connectivity index (χ1n) is 7.78. The Morgan fingerprint density at radius 1 is 1.17 bits per heavy atom. The smallest absolute Gasteiger partial charge is 0.251 e. The van der Waals surface area contributed by atoms with Gasteiger partial charge >= 0.3 is 0 Å². The summed E-state index contributed by atoms with van der Waals surface area (Å²) in [5.74, 6) is 0.865. The van der Waals surface area contributed by atoms with Gasteiger partial charge in [0.1, 0.15) is 0 Å². The molecule has 0 radical (unpaired) electrons. The molecular formula is C16H20N2O5. The number of amides is 2. The van der Waals surface area contributed by atoms with Crippen LogP contribution >= 0.6 is 0 Å². The van der Waals surface area contributed by atoms with Crippen LogP contribution in [0.3, 0.4) is 0 Å². The van der Waals surface area contributed by atoms with E-state index in [1.54, 1.807) is 18.2 Å². The van der Waals surface area contributed by atoms with Crippen LogP contribution in [0.4, 0.5) is 0 Å². The third-order valence-corrected chi connectivity index (χ3v) is 3.82. The van der Waals surface area contributed by atoms with E-state index in [0.29, 0.717) is 23.6 Å². The van der Waals surface area contributed by atoms with E-state index in [1.165, 1.54) is 0 Å². The largest absolute Gasteiger partial charge is 0.454 e. The lowest BCUT2D eigenvalue weighted by Crippen LogP contribution is -2.34. The number of carbonyl (C=O) groups excluding carboxylic acids is 2. The van der Waals surface area contributed by atoms with Gasteiger partial charge < -0.3 is 24.8 Å². The second-order valence-electron chi connectivity index (χ2n) is 5.51. The molecule has 1 saturated heterocycles. The van der Waals surface area contributed by atoms with E-state index in [0.717, 1.165) is 19.4 Å². The summed E-state index contributed by atoms with van der Waals surface area (Å²) in [6.45, 7) is 1.76. The Labute approximate surface area is 134 Å². The average Bonchev–Trinajstić information content (AvgIpc) is 3.23. The Balaban J connectivity index is 1.38. The standard InChI is InChI=1S/C16H20N2O5/c19-15(18-9-12-2-1-7-21-12)5-6-17-16(20)11-3-4-13-14(8-11)23-10-22-13/h3-4,8,12H,1-2,5-7,9-10H2,(H,17,20)(H,18,19)/t12-/m1/s1. The average molecular weight is 320 g/mol. The second-order valence-corrected chi connectivity index (χ2v) is 5.51. The molecule has 0 saturated carbocycles. The lowest BCUT2D eigenvalue weighted by atomic mass is 10.2. The predicted octanol–water partition coefficient (Wildman–Crippen LogP) is 0.830. The van der Waals surface area contributed by atoms with Crippen LogP contribution < -0.4 is 20.1 Å². The normalized spacial score (nSPS) is 18.7. The molecule has 0 bridgehead atoms. The summed E-state index contributed by atoms with van der Waals surface area (Å²) < 4.78 is 15.9. The number of fused-ring (bicyclic) bond motifs is 1. The minimum atomic E-state index is -0.241. The van der Waals surface area contributed by atoms with Crippen LogP contribution in [-0.4, -0.2) is 44.4 Å². The highest BCUT2D eigenvalue weighted by Gasteiger charge is 2.17. The minimum absolute atomic E-state index is 0.0912. The third kappa shape index (κ3) is 4.13. The zero-order valence-corrected chi connectivity index (χ0v) is 12.8. The van der Waals surface area contributed by atoms with Crippen LogP contribution in [-0.2, 0) is 9.53 Å². The van der Waals surface area contributed by atoms with E-state index in [1.807, 2.05) is 0 Å². The van der Waals surface area contributed by atoms with Crippen LogP contribution in [0.2, 0.25) is 0 Å². The third-order valence-electron chi connectivity index (χ3n) is 3.82. The van der Waals surface area contributed by atoms with Crippen LogP contribution in [0.15, 0.2) is 18.2 Å². The highest BCUT2D eigenvalue weighted by Crippen LogP contribution is 2.32. The van der Waals surface area contributed by atoms with Crippen molar-refractivity contribution in [2.45, 2.75) is 25.4 Å². The van der Waals surface area contributed by atoms with Crippen molar-refractivity contribution in [1.29, 1.82) is 0 Å².